The molecular weight excluding hydrogens is 479 g/mol. The van der Waals surface area contributed by atoms with Crippen molar-refractivity contribution in [2.75, 3.05) is 16.8 Å². The van der Waals surface area contributed by atoms with E-state index in [-0.39, 0.29) is 46.1 Å². The first-order chi connectivity index (χ1) is 16.2. The first-order valence-corrected chi connectivity index (χ1v) is 11.6. The molecule has 9 heteroatoms. The van der Waals surface area contributed by atoms with E-state index in [0.717, 1.165) is 6.42 Å². The van der Waals surface area contributed by atoms with Crippen LogP contribution in [0.1, 0.15) is 23.7 Å². The molecule has 0 unspecified atom stereocenters. The van der Waals surface area contributed by atoms with Gasteiger partial charge in [0.15, 0.2) is 6.61 Å². The summed E-state index contributed by atoms with van der Waals surface area (Å²) in [6.07, 6.45) is 2.96. The van der Waals surface area contributed by atoms with Crippen molar-refractivity contribution >= 4 is 58.3 Å². The van der Waals surface area contributed by atoms with Crippen molar-refractivity contribution in [1.29, 1.82) is 0 Å². The fraction of sp³-hybridized carbons (Fsp3) is 0.280. The molecule has 174 valence electrons. The molecule has 2 aliphatic carbocycles. The summed E-state index contributed by atoms with van der Waals surface area (Å²) >= 11 is 11.8. The van der Waals surface area contributed by atoms with Crippen molar-refractivity contribution in [2.45, 2.75) is 13.3 Å². The number of benzene rings is 2. The minimum atomic E-state index is -0.747. The van der Waals surface area contributed by atoms with Gasteiger partial charge in [-0.15, -0.1) is 0 Å². The fourth-order valence-corrected chi connectivity index (χ4v) is 5.58. The fourth-order valence-electron chi connectivity index (χ4n) is 5.29. The summed E-state index contributed by atoms with van der Waals surface area (Å²) in [5.74, 6) is -2.21. The van der Waals surface area contributed by atoms with Crippen LogP contribution in [0, 0.1) is 23.7 Å². The average Bonchev–Trinajstić information content (AvgIpc) is 3.45. The van der Waals surface area contributed by atoms with Crippen LogP contribution in [0.15, 0.2) is 54.1 Å². The number of esters is 1. The molecule has 34 heavy (non-hydrogen) atoms. The van der Waals surface area contributed by atoms with Gasteiger partial charge in [-0.1, -0.05) is 40.9 Å². The van der Waals surface area contributed by atoms with Gasteiger partial charge in [-0.2, -0.15) is 0 Å². The number of hydrogen-bond donors (Lipinski definition) is 1. The lowest BCUT2D eigenvalue weighted by Gasteiger charge is -2.19. The molecule has 0 radical (unpaired) electrons. The van der Waals surface area contributed by atoms with E-state index in [1.165, 1.54) is 34.7 Å². The Labute approximate surface area is 205 Å². The minimum absolute atomic E-state index is 0.0960. The Hall–Kier alpha value is -3.16. The molecular formula is C25H20Cl2N2O5. The summed E-state index contributed by atoms with van der Waals surface area (Å²) in [6, 6.07) is 10.7. The number of fused-ring (bicyclic) bond motifs is 5. The number of carbonyl (C=O) groups is 4. The first-order valence-electron chi connectivity index (χ1n) is 10.8. The first kappa shape index (κ1) is 22.6. The number of allylic oxidation sites excluding steroid dienone is 2. The van der Waals surface area contributed by atoms with Gasteiger partial charge in [0.1, 0.15) is 0 Å². The van der Waals surface area contributed by atoms with Crippen LogP contribution in [-0.4, -0.2) is 30.3 Å². The molecule has 0 aromatic heterocycles. The molecule has 7 nitrogen and oxygen atoms in total. The Morgan fingerprint density at radius 2 is 1.82 bits per heavy atom. The number of amides is 3. The number of hydrogen-bond acceptors (Lipinski definition) is 5. The van der Waals surface area contributed by atoms with Crippen LogP contribution in [0.2, 0.25) is 10.0 Å². The molecule has 1 saturated heterocycles. The van der Waals surface area contributed by atoms with E-state index in [0.29, 0.717) is 16.4 Å². The molecule has 2 fully saturated rings. The third-order valence-corrected chi connectivity index (χ3v) is 7.50. The lowest BCUT2D eigenvalue weighted by atomic mass is 9.82. The van der Waals surface area contributed by atoms with Gasteiger partial charge in [-0.25, -0.2) is 9.69 Å². The van der Waals surface area contributed by atoms with Gasteiger partial charge in [-0.05, 0) is 61.6 Å². The van der Waals surface area contributed by atoms with Crippen LogP contribution in [-0.2, 0) is 19.1 Å². The Kier molecular flexibility index (Phi) is 5.70. The van der Waals surface area contributed by atoms with Gasteiger partial charge in [0, 0.05) is 5.69 Å². The second-order valence-electron chi connectivity index (χ2n) is 8.78. The summed E-state index contributed by atoms with van der Waals surface area (Å²) in [4.78, 5) is 52.1. The predicted molar refractivity (Wildman–Crippen MR) is 127 cm³/mol. The van der Waals surface area contributed by atoms with Crippen LogP contribution in [0.25, 0.3) is 0 Å². The van der Waals surface area contributed by atoms with Crippen molar-refractivity contribution in [3.05, 3.63) is 69.7 Å². The summed E-state index contributed by atoms with van der Waals surface area (Å²) < 4.78 is 5.11. The van der Waals surface area contributed by atoms with Crippen LogP contribution in [0.3, 0.4) is 0 Å². The largest absolute Gasteiger partial charge is 0.452 e. The second-order valence-corrected chi connectivity index (χ2v) is 9.60. The lowest BCUT2D eigenvalue weighted by molar-refractivity contribution is -0.123. The van der Waals surface area contributed by atoms with Gasteiger partial charge >= 0.3 is 5.97 Å². The van der Waals surface area contributed by atoms with Crippen molar-refractivity contribution in [3.8, 4) is 0 Å². The highest BCUT2D eigenvalue weighted by molar-refractivity contribution is 6.42. The summed E-state index contributed by atoms with van der Waals surface area (Å²) in [5, 5.41) is 3.19. The SMILES string of the molecule is CC1=C[C@H]2C[C@H]1[C@H]1C(=O)N(c3cccc(C(=O)OCC(=O)Nc4ccc(Cl)c(Cl)c4)c3)C(=O)[C@H]12. The average molecular weight is 499 g/mol. The van der Waals surface area contributed by atoms with Crippen molar-refractivity contribution in [3.63, 3.8) is 0 Å². The monoisotopic (exact) mass is 498 g/mol. The number of nitrogens with zero attached hydrogens (tertiary/aromatic N) is 1. The van der Waals surface area contributed by atoms with Crippen LogP contribution in [0.4, 0.5) is 11.4 Å². The third kappa shape index (κ3) is 3.79. The Balaban J connectivity index is 1.25. The summed E-state index contributed by atoms with van der Waals surface area (Å²) in [5.41, 5.74) is 2.05. The van der Waals surface area contributed by atoms with Crippen LogP contribution < -0.4 is 10.2 Å². The predicted octanol–water partition coefficient (Wildman–Crippen LogP) is 4.49. The number of halogens is 2. The molecule has 1 heterocycles. The van der Waals surface area contributed by atoms with Crippen molar-refractivity contribution in [2.24, 2.45) is 23.7 Å². The highest BCUT2D eigenvalue weighted by atomic mass is 35.5. The van der Waals surface area contributed by atoms with E-state index in [9.17, 15) is 19.2 Å². The van der Waals surface area contributed by atoms with Gasteiger partial charge in [-0.3, -0.25) is 14.4 Å². The number of rotatable bonds is 5. The van der Waals surface area contributed by atoms with E-state index in [4.69, 9.17) is 27.9 Å². The van der Waals surface area contributed by atoms with Crippen LogP contribution in [0.5, 0.6) is 0 Å². The molecule has 1 saturated carbocycles. The molecule has 2 bridgehead atoms. The standard InChI is InChI=1S/C25H20Cl2N2O5/c1-12-7-14-9-17(12)22-21(14)23(31)29(24(22)32)16-4-2-3-13(8-16)25(33)34-11-20(30)28-15-5-6-18(26)19(27)10-15/h2-8,10,14,17,21-22H,9,11H2,1H3,(H,28,30)/t14-,17+,21-,22+/m0/s1. The molecule has 2 aromatic carbocycles. The molecule has 1 aliphatic heterocycles. The van der Waals surface area contributed by atoms with E-state index >= 15 is 0 Å². The van der Waals surface area contributed by atoms with E-state index in [1.807, 2.05) is 6.92 Å². The number of carbonyl (C=O) groups excluding carboxylic acids is 4. The molecule has 2 aromatic rings. The molecule has 3 amide bonds. The van der Waals surface area contributed by atoms with Crippen molar-refractivity contribution < 1.29 is 23.9 Å². The zero-order valence-electron chi connectivity index (χ0n) is 18.1. The summed E-state index contributed by atoms with van der Waals surface area (Å²) in [6.45, 7) is 1.49. The number of anilines is 2. The molecule has 1 N–H and O–H groups in total. The maximum Gasteiger partial charge on any atom is 0.338 e. The number of nitrogens with one attached hydrogen (secondary N) is 1. The quantitative estimate of drug-likeness (QED) is 0.372. The summed E-state index contributed by atoms with van der Waals surface area (Å²) in [7, 11) is 0. The third-order valence-electron chi connectivity index (χ3n) is 6.76. The second kappa shape index (κ2) is 8.56. The molecule has 4 atom stereocenters. The van der Waals surface area contributed by atoms with Gasteiger partial charge in [0.25, 0.3) is 5.91 Å². The molecule has 0 spiro atoms. The smallest absolute Gasteiger partial charge is 0.338 e. The minimum Gasteiger partial charge on any atom is -0.452 e. The normalized spacial score (nSPS) is 24.8. The zero-order chi connectivity index (χ0) is 24.1. The number of imide groups is 1. The molecule has 3 aliphatic rings. The molecule has 5 rings (SSSR count). The van der Waals surface area contributed by atoms with Crippen molar-refractivity contribution in [1.82, 2.24) is 0 Å². The Bertz CT molecular complexity index is 1270. The maximum atomic E-state index is 13.1. The Morgan fingerprint density at radius 1 is 1.06 bits per heavy atom. The highest BCUT2D eigenvalue weighted by Gasteiger charge is 2.60. The van der Waals surface area contributed by atoms with Crippen LogP contribution >= 0.6 is 23.2 Å². The van der Waals surface area contributed by atoms with E-state index < -0.39 is 18.5 Å². The zero-order valence-corrected chi connectivity index (χ0v) is 19.6. The maximum absolute atomic E-state index is 13.1. The lowest BCUT2D eigenvalue weighted by Crippen LogP contribution is -2.33. The topological polar surface area (TPSA) is 92.8 Å². The van der Waals surface area contributed by atoms with Gasteiger partial charge < -0.3 is 10.1 Å². The Morgan fingerprint density at radius 3 is 2.59 bits per heavy atom. The van der Waals surface area contributed by atoms with E-state index in [1.54, 1.807) is 18.2 Å². The van der Waals surface area contributed by atoms with Gasteiger partial charge in [0.2, 0.25) is 11.8 Å². The van der Waals surface area contributed by atoms with E-state index in [2.05, 4.69) is 11.4 Å². The number of ether oxygens (including phenoxy) is 1. The highest BCUT2D eigenvalue weighted by Crippen LogP contribution is 2.55. The van der Waals surface area contributed by atoms with Gasteiger partial charge in [0.05, 0.1) is 33.1 Å².